The van der Waals surface area contributed by atoms with Gasteiger partial charge in [0.25, 0.3) is 0 Å². The van der Waals surface area contributed by atoms with Crippen molar-refractivity contribution in [3.05, 3.63) is 35.4 Å². The Balaban J connectivity index is 1.56. The second-order valence-electron chi connectivity index (χ2n) is 4.76. The number of rotatable bonds is 3. The molecule has 2 aliphatic rings. The summed E-state index contributed by atoms with van der Waals surface area (Å²) in [5, 5.41) is 3.32. The van der Waals surface area contributed by atoms with Gasteiger partial charge in [0, 0.05) is 13.1 Å². The fraction of sp³-hybridized carbons (Fsp3) is 0.571. The third kappa shape index (κ3) is 2.51. The highest BCUT2D eigenvalue weighted by Gasteiger charge is 2.24. The maximum Gasteiger partial charge on any atom is 0.0933 e. The van der Waals surface area contributed by atoms with E-state index in [2.05, 4.69) is 29.6 Å². The molecule has 1 fully saturated rings. The van der Waals surface area contributed by atoms with Gasteiger partial charge in [0.15, 0.2) is 0 Å². The summed E-state index contributed by atoms with van der Waals surface area (Å²) in [6, 6.07) is 8.60. The average molecular weight is 233 g/mol. The van der Waals surface area contributed by atoms with E-state index in [9.17, 15) is 0 Å². The molecule has 3 rings (SSSR count). The van der Waals surface area contributed by atoms with Crippen LogP contribution < -0.4 is 5.32 Å². The summed E-state index contributed by atoms with van der Waals surface area (Å²) >= 11 is 0. The van der Waals surface area contributed by atoms with Gasteiger partial charge in [-0.1, -0.05) is 24.3 Å². The third-order valence-electron chi connectivity index (χ3n) is 3.57. The van der Waals surface area contributed by atoms with Crippen molar-refractivity contribution in [1.82, 2.24) is 5.32 Å². The minimum atomic E-state index is 0.219. The van der Waals surface area contributed by atoms with Crippen LogP contribution in [0.3, 0.4) is 0 Å². The summed E-state index contributed by atoms with van der Waals surface area (Å²) in [6.07, 6.45) is 2.75. The van der Waals surface area contributed by atoms with Crippen molar-refractivity contribution < 1.29 is 9.47 Å². The lowest BCUT2D eigenvalue weighted by molar-refractivity contribution is -0.0557. The Kier molecular flexibility index (Phi) is 3.41. The first-order valence-electron chi connectivity index (χ1n) is 6.45. The molecule has 0 amide bonds. The second kappa shape index (κ2) is 5.17. The normalized spacial score (nSPS) is 28.0. The SMILES string of the molecule is c1ccc2c(c1)CCC2OCC1CNCCO1. The van der Waals surface area contributed by atoms with Crippen molar-refractivity contribution >= 4 is 0 Å². The van der Waals surface area contributed by atoms with Crippen LogP contribution >= 0.6 is 0 Å². The smallest absolute Gasteiger partial charge is 0.0933 e. The lowest BCUT2D eigenvalue weighted by Gasteiger charge is -2.25. The van der Waals surface area contributed by atoms with Crippen molar-refractivity contribution in [2.45, 2.75) is 25.0 Å². The highest BCUT2D eigenvalue weighted by molar-refractivity contribution is 5.33. The van der Waals surface area contributed by atoms with E-state index in [0.29, 0.717) is 6.61 Å². The van der Waals surface area contributed by atoms with Crippen molar-refractivity contribution in [1.29, 1.82) is 0 Å². The van der Waals surface area contributed by atoms with Crippen LogP contribution in [0.4, 0.5) is 0 Å². The van der Waals surface area contributed by atoms with E-state index < -0.39 is 0 Å². The first-order chi connectivity index (χ1) is 8.43. The maximum atomic E-state index is 6.00. The van der Waals surface area contributed by atoms with E-state index >= 15 is 0 Å². The zero-order valence-electron chi connectivity index (χ0n) is 10.0. The lowest BCUT2D eigenvalue weighted by Crippen LogP contribution is -2.41. The van der Waals surface area contributed by atoms with E-state index in [1.807, 2.05) is 0 Å². The van der Waals surface area contributed by atoms with Crippen molar-refractivity contribution in [3.8, 4) is 0 Å². The van der Waals surface area contributed by atoms with Crippen molar-refractivity contribution in [3.63, 3.8) is 0 Å². The van der Waals surface area contributed by atoms with Gasteiger partial charge < -0.3 is 14.8 Å². The fourth-order valence-corrected chi connectivity index (χ4v) is 2.64. The van der Waals surface area contributed by atoms with Gasteiger partial charge in [-0.3, -0.25) is 0 Å². The van der Waals surface area contributed by atoms with E-state index in [4.69, 9.17) is 9.47 Å². The number of nitrogens with one attached hydrogen (secondary N) is 1. The largest absolute Gasteiger partial charge is 0.373 e. The Hall–Kier alpha value is -0.900. The molecule has 1 N–H and O–H groups in total. The summed E-state index contributed by atoms with van der Waals surface area (Å²) < 4.78 is 11.6. The van der Waals surface area contributed by atoms with Gasteiger partial charge in [0.2, 0.25) is 0 Å². The molecule has 3 heteroatoms. The van der Waals surface area contributed by atoms with E-state index in [0.717, 1.165) is 32.5 Å². The molecular formula is C14H19NO2. The molecule has 1 aromatic carbocycles. The van der Waals surface area contributed by atoms with Crippen molar-refractivity contribution in [2.24, 2.45) is 0 Å². The van der Waals surface area contributed by atoms with Crippen molar-refractivity contribution in [2.75, 3.05) is 26.3 Å². The molecule has 0 aromatic heterocycles. The molecule has 0 spiro atoms. The summed E-state index contributed by atoms with van der Waals surface area (Å²) in [4.78, 5) is 0. The van der Waals surface area contributed by atoms with E-state index in [1.165, 1.54) is 11.1 Å². The second-order valence-corrected chi connectivity index (χ2v) is 4.76. The van der Waals surface area contributed by atoms with Crippen LogP contribution in [-0.4, -0.2) is 32.4 Å². The first kappa shape index (κ1) is 11.2. The Morgan fingerprint density at radius 3 is 3.18 bits per heavy atom. The molecule has 1 heterocycles. The van der Waals surface area contributed by atoms with Gasteiger partial charge >= 0.3 is 0 Å². The minimum Gasteiger partial charge on any atom is -0.373 e. The van der Waals surface area contributed by atoms with E-state index in [-0.39, 0.29) is 12.2 Å². The zero-order chi connectivity index (χ0) is 11.5. The Bertz CT molecular complexity index is 374. The molecule has 92 valence electrons. The van der Waals surface area contributed by atoms with Crippen LogP contribution in [0.2, 0.25) is 0 Å². The third-order valence-corrected chi connectivity index (χ3v) is 3.57. The summed E-state index contributed by atoms with van der Waals surface area (Å²) in [7, 11) is 0. The maximum absolute atomic E-state index is 6.00. The number of hydrogen-bond donors (Lipinski definition) is 1. The quantitative estimate of drug-likeness (QED) is 0.861. The Morgan fingerprint density at radius 2 is 2.29 bits per heavy atom. The van der Waals surface area contributed by atoms with Crippen LogP contribution in [-0.2, 0) is 15.9 Å². The molecule has 2 atom stereocenters. The molecule has 1 saturated heterocycles. The van der Waals surface area contributed by atoms with Crippen LogP contribution in [0.15, 0.2) is 24.3 Å². The fourth-order valence-electron chi connectivity index (χ4n) is 2.64. The number of fused-ring (bicyclic) bond motifs is 1. The molecule has 1 aliphatic carbocycles. The Labute approximate surface area is 102 Å². The zero-order valence-corrected chi connectivity index (χ0v) is 10.0. The average Bonchev–Trinajstić information content (AvgIpc) is 2.81. The predicted octanol–water partition coefficient (Wildman–Crippen LogP) is 1.68. The standard InChI is InChI=1S/C14H19NO2/c1-2-4-13-11(3-1)5-6-14(13)17-10-12-9-15-7-8-16-12/h1-4,12,14-15H,5-10H2. The summed E-state index contributed by atoms with van der Waals surface area (Å²) in [5.74, 6) is 0. The van der Waals surface area contributed by atoms with Crippen LogP contribution in [0.5, 0.6) is 0 Å². The molecule has 2 unspecified atom stereocenters. The van der Waals surface area contributed by atoms with Crippen LogP contribution in [0.25, 0.3) is 0 Å². The number of benzene rings is 1. The van der Waals surface area contributed by atoms with Gasteiger partial charge in [-0.2, -0.15) is 0 Å². The predicted molar refractivity (Wildman–Crippen MR) is 66.1 cm³/mol. The summed E-state index contributed by atoms with van der Waals surface area (Å²) in [5.41, 5.74) is 2.82. The minimum absolute atomic E-state index is 0.219. The molecule has 0 radical (unpaired) electrons. The molecular weight excluding hydrogens is 214 g/mol. The monoisotopic (exact) mass is 233 g/mol. The lowest BCUT2D eigenvalue weighted by atomic mass is 10.1. The van der Waals surface area contributed by atoms with Gasteiger partial charge in [0.1, 0.15) is 0 Å². The van der Waals surface area contributed by atoms with Gasteiger partial charge in [-0.25, -0.2) is 0 Å². The molecule has 0 bridgehead atoms. The first-order valence-corrected chi connectivity index (χ1v) is 6.45. The van der Waals surface area contributed by atoms with E-state index in [1.54, 1.807) is 0 Å². The highest BCUT2D eigenvalue weighted by Crippen LogP contribution is 2.33. The number of morpholine rings is 1. The number of aryl methyl sites for hydroxylation is 1. The topological polar surface area (TPSA) is 30.5 Å². The molecule has 3 nitrogen and oxygen atoms in total. The molecule has 17 heavy (non-hydrogen) atoms. The number of ether oxygens (including phenoxy) is 2. The van der Waals surface area contributed by atoms with Gasteiger partial charge in [-0.05, 0) is 24.0 Å². The number of hydrogen-bond acceptors (Lipinski definition) is 3. The van der Waals surface area contributed by atoms with Gasteiger partial charge in [-0.15, -0.1) is 0 Å². The molecule has 1 aromatic rings. The highest BCUT2D eigenvalue weighted by atomic mass is 16.5. The Morgan fingerprint density at radius 1 is 1.35 bits per heavy atom. The molecule has 1 aliphatic heterocycles. The van der Waals surface area contributed by atoms with Gasteiger partial charge in [0.05, 0.1) is 25.4 Å². The van der Waals surface area contributed by atoms with Crippen LogP contribution in [0, 0.1) is 0 Å². The molecule has 0 saturated carbocycles. The van der Waals surface area contributed by atoms with Crippen LogP contribution in [0.1, 0.15) is 23.7 Å². The summed E-state index contributed by atoms with van der Waals surface area (Å²) in [6.45, 7) is 3.37.